The van der Waals surface area contributed by atoms with Crippen molar-refractivity contribution in [3.8, 4) is 0 Å². The molecule has 1 nitrogen and oxygen atoms in total. The summed E-state index contributed by atoms with van der Waals surface area (Å²) in [6, 6.07) is 4.11. The third-order valence-electron chi connectivity index (χ3n) is 1.48. The third kappa shape index (κ3) is 1.94. The van der Waals surface area contributed by atoms with Gasteiger partial charge in [-0.05, 0) is 17.5 Å². The van der Waals surface area contributed by atoms with Gasteiger partial charge in [-0.3, -0.25) is 4.98 Å². The van der Waals surface area contributed by atoms with Crippen LogP contribution in [0.15, 0.2) is 24.5 Å². The van der Waals surface area contributed by atoms with E-state index >= 15 is 0 Å². The normalized spacial score (nSPS) is 13.0. The molecule has 0 aliphatic heterocycles. The highest BCUT2D eigenvalue weighted by Gasteiger charge is 2.00. The minimum atomic E-state index is 0.634. The number of hydrogen-bond donors (Lipinski definition) is 0. The maximum atomic E-state index is 4.05. The van der Waals surface area contributed by atoms with Crippen molar-refractivity contribution in [2.75, 3.05) is 4.43 Å². The lowest BCUT2D eigenvalue weighted by atomic mass is 10.1. The van der Waals surface area contributed by atoms with Crippen LogP contribution in [0.1, 0.15) is 18.4 Å². The number of hydrogen-bond acceptors (Lipinski definition) is 1. The maximum absolute atomic E-state index is 4.05. The number of pyridine rings is 1. The molecule has 0 saturated carbocycles. The van der Waals surface area contributed by atoms with Crippen LogP contribution in [0.3, 0.4) is 0 Å². The van der Waals surface area contributed by atoms with E-state index in [1.165, 1.54) is 5.56 Å². The standard InChI is InChI=1S/C8H10IN/c1-7(5-9)8-3-2-4-10-6-8/h2-4,6-7H,5H2,1H3. The van der Waals surface area contributed by atoms with Crippen molar-refractivity contribution < 1.29 is 0 Å². The molecule has 0 saturated heterocycles. The monoisotopic (exact) mass is 247 g/mol. The molecule has 1 unspecified atom stereocenters. The van der Waals surface area contributed by atoms with Crippen LogP contribution in [0.25, 0.3) is 0 Å². The molecule has 0 spiro atoms. The number of rotatable bonds is 2. The molecule has 0 aliphatic rings. The first-order valence-corrected chi connectivity index (χ1v) is 4.83. The predicted octanol–water partition coefficient (Wildman–Crippen LogP) is 2.62. The second kappa shape index (κ2) is 3.91. The van der Waals surface area contributed by atoms with Gasteiger partial charge in [0.2, 0.25) is 0 Å². The Morgan fingerprint density at radius 3 is 3.00 bits per heavy atom. The highest BCUT2D eigenvalue weighted by molar-refractivity contribution is 14.1. The topological polar surface area (TPSA) is 12.9 Å². The third-order valence-corrected chi connectivity index (χ3v) is 2.81. The fraction of sp³-hybridized carbons (Fsp3) is 0.375. The minimum absolute atomic E-state index is 0.634. The van der Waals surface area contributed by atoms with Crippen LogP contribution >= 0.6 is 22.6 Å². The summed E-state index contributed by atoms with van der Waals surface area (Å²) < 4.78 is 1.16. The largest absolute Gasteiger partial charge is 0.264 e. The molecule has 0 radical (unpaired) electrons. The first-order chi connectivity index (χ1) is 4.84. The molecule has 1 aromatic rings. The van der Waals surface area contributed by atoms with E-state index in [9.17, 15) is 0 Å². The molecule has 1 heterocycles. The fourth-order valence-electron chi connectivity index (χ4n) is 0.757. The molecule has 0 aromatic carbocycles. The lowest BCUT2D eigenvalue weighted by molar-refractivity contribution is 0.886. The van der Waals surface area contributed by atoms with Crippen molar-refractivity contribution in [3.05, 3.63) is 30.1 Å². The van der Waals surface area contributed by atoms with Gasteiger partial charge in [-0.1, -0.05) is 35.6 Å². The second-order valence-corrected chi connectivity index (χ2v) is 3.22. The van der Waals surface area contributed by atoms with Crippen LogP contribution in [0.2, 0.25) is 0 Å². The van der Waals surface area contributed by atoms with E-state index in [1.807, 2.05) is 18.5 Å². The Hall–Kier alpha value is -0.120. The molecular formula is C8H10IN. The number of nitrogens with zero attached hydrogens (tertiary/aromatic N) is 1. The SMILES string of the molecule is CC(CI)c1cccnc1. The van der Waals surface area contributed by atoms with Crippen LogP contribution < -0.4 is 0 Å². The number of halogens is 1. The second-order valence-electron chi connectivity index (χ2n) is 2.34. The Kier molecular flexibility index (Phi) is 3.12. The molecule has 0 aliphatic carbocycles. The van der Waals surface area contributed by atoms with Crippen molar-refractivity contribution in [2.45, 2.75) is 12.8 Å². The maximum Gasteiger partial charge on any atom is 0.0302 e. The summed E-state index contributed by atoms with van der Waals surface area (Å²) in [5, 5.41) is 0. The zero-order valence-electron chi connectivity index (χ0n) is 5.92. The smallest absolute Gasteiger partial charge is 0.0302 e. The summed E-state index contributed by atoms with van der Waals surface area (Å²) in [5.74, 6) is 0.634. The van der Waals surface area contributed by atoms with Crippen molar-refractivity contribution >= 4 is 22.6 Å². The zero-order valence-corrected chi connectivity index (χ0v) is 8.08. The van der Waals surface area contributed by atoms with Gasteiger partial charge in [-0.25, -0.2) is 0 Å². The first-order valence-electron chi connectivity index (χ1n) is 3.30. The van der Waals surface area contributed by atoms with Crippen LogP contribution in [0.4, 0.5) is 0 Å². The average molecular weight is 247 g/mol. The summed E-state index contributed by atoms with van der Waals surface area (Å²) in [5.41, 5.74) is 1.33. The molecule has 1 atom stereocenters. The predicted molar refractivity (Wildman–Crippen MR) is 51.5 cm³/mol. The molecule has 0 bridgehead atoms. The lowest BCUT2D eigenvalue weighted by Crippen LogP contribution is -1.93. The van der Waals surface area contributed by atoms with E-state index in [-0.39, 0.29) is 0 Å². The molecule has 1 rings (SSSR count). The Morgan fingerprint density at radius 2 is 2.50 bits per heavy atom. The molecular weight excluding hydrogens is 237 g/mol. The highest BCUT2D eigenvalue weighted by Crippen LogP contribution is 2.15. The Balaban J connectivity index is 2.75. The van der Waals surface area contributed by atoms with E-state index in [1.54, 1.807) is 0 Å². The van der Waals surface area contributed by atoms with Gasteiger partial charge in [0.1, 0.15) is 0 Å². The van der Waals surface area contributed by atoms with Gasteiger partial charge >= 0.3 is 0 Å². The molecule has 0 fully saturated rings. The van der Waals surface area contributed by atoms with Gasteiger partial charge in [-0.15, -0.1) is 0 Å². The van der Waals surface area contributed by atoms with E-state index in [4.69, 9.17) is 0 Å². The number of aromatic nitrogens is 1. The molecule has 0 N–H and O–H groups in total. The number of alkyl halides is 1. The molecule has 0 amide bonds. The van der Waals surface area contributed by atoms with Gasteiger partial charge < -0.3 is 0 Å². The fourth-order valence-corrected chi connectivity index (χ4v) is 1.27. The van der Waals surface area contributed by atoms with Crippen molar-refractivity contribution in [1.82, 2.24) is 4.98 Å². The zero-order chi connectivity index (χ0) is 7.40. The van der Waals surface area contributed by atoms with Crippen LogP contribution in [0.5, 0.6) is 0 Å². The lowest BCUT2D eigenvalue weighted by Gasteiger charge is -2.04. The highest BCUT2D eigenvalue weighted by atomic mass is 127. The van der Waals surface area contributed by atoms with Crippen LogP contribution in [-0.4, -0.2) is 9.41 Å². The van der Waals surface area contributed by atoms with Gasteiger partial charge in [0.05, 0.1) is 0 Å². The van der Waals surface area contributed by atoms with Crippen molar-refractivity contribution in [3.63, 3.8) is 0 Å². The van der Waals surface area contributed by atoms with E-state index in [0.29, 0.717) is 5.92 Å². The van der Waals surface area contributed by atoms with Gasteiger partial charge in [0.25, 0.3) is 0 Å². The van der Waals surface area contributed by atoms with Crippen molar-refractivity contribution in [1.29, 1.82) is 0 Å². The first kappa shape index (κ1) is 7.98. The summed E-state index contributed by atoms with van der Waals surface area (Å²) >= 11 is 2.39. The van der Waals surface area contributed by atoms with E-state index in [0.717, 1.165) is 4.43 Å². The van der Waals surface area contributed by atoms with Gasteiger partial charge in [0, 0.05) is 16.8 Å². The summed E-state index contributed by atoms with van der Waals surface area (Å²) in [7, 11) is 0. The average Bonchev–Trinajstić information content (AvgIpc) is 2.05. The van der Waals surface area contributed by atoms with E-state index < -0.39 is 0 Å². The minimum Gasteiger partial charge on any atom is -0.264 e. The Labute approximate surface area is 75.0 Å². The summed E-state index contributed by atoms with van der Waals surface area (Å²) in [6.45, 7) is 2.21. The molecule has 54 valence electrons. The molecule has 1 aromatic heterocycles. The van der Waals surface area contributed by atoms with Crippen LogP contribution in [0, 0.1) is 0 Å². The van der Waals surface area contributed by atoms with Gasteiger partial charge in [0.15, 0.2) is 0 Å². The van der Waals surface area contributed by atoms with Gasteiger partial charge in [-0.2, -0.15) is 0 Å². The van der Waals surface area contributed by atoms with Crippen LogP contribution in [-0.2, 0) is 0 Å². The summed E-state index contributed by atoms with van der Waals surface area (Å²) in [4.78, 5) is 4.05. The quantitative estimate of drug-likeness (QED) is 0.578. The Morgan fingerprint density at radius 1 is 1.70 bits per heavy atom. The van der Waals surface area contributed by atoms with E-state index in [2.05, 4.69) is 40.6 Å². The molecule has 2 heteroatoms. The van der Waals surface area contributed by atoms with Crippen molar-refractivity contribution in [2.24, 2.45) is 0 Å². The Bertz CT molecular complexity index is 186. The molecule has 10 heavy (non-hydrogen) atoms. The summed E-state index contributed by atoms with van der Waals surface area (Å²) in [6.07, 6.45) is 3.74.